The lowest BCUT2D eigenvalue weighted by Gasteiger charge is -2.16. The van der Waals surface area contributed by atoms with Gasteiger partial charge in [0.05, 0.1) is 11.6 Å². The van der Waals surface area contributed by atoms with Gasteiger partial charge in [0.2, 0.25) is 0 Å². The smallest absolute Gasteiger partial charge is 0.363 e. The number of pyridine rings is 1. The molecule has 1 aromatic carbocycles. The molecule has 1 atom stereocenters. The van der Waals surface area contributed by atoms with Gasteiger partial charge in [-0.25, -0.2) is 14.4 Å². The van der Waals surface area contributed by atoms with Gasteiger partial charge in [-0.1, -0.05) is 18.2 Å². The van der Waals surface area contributed by atoms with E-state index in [2.05, 4.69) is 20.3 Å². The highest BCUT2D eigenvalue weighted by Gasteiger charge is 2.31. The second kappa shape index (κ2) is 7.07. The van der Waals surface area contributed by atoms with E-state index < -0.39 is 17.8 Å². The average molecular weight is 362 g/mol. The van der Waals surface area contributed by atoms with Crippen LogP contribution in [-0.4, -0.2) is 15.0 Å². The van der Waals surface area contributed by atoms with E-state index in [-0.39, 0.29) is 17.2 Å². The number of benzene rings is 1. The van der Waals surface area contributed by atoms with Crippen LogP contribution in [0.15, 0.2) is 55.0 Å². The average Bonchev–Trinajstić information content (AvgIpc) is 2.61. The van der Waals surface area contributed by atoms with Crippen LogP contribution in [0.2, 0.25) is 0 Å². The summed E-state index contributed by atoms with van der Waals surface area (Å²) in [5, 5.41) is 3.02. The summed E-state index contributed by atoms with van der Waals surface area (Å²) in [6, 6.07) is 8.41. The zero-order valence-corrected chi connectivity index (χ0v) is 13.6. The summed E-state index contributed by atoms with van der Waals surface area (Å²) in [6.07, 6.45) is -1.09. The highest BCUT2D eigenvalue weighted by Crippen LogP contribution is 2.31. The van der Waals surface area contributed by atoms with E-state index in [0.29, 0.717) is 11.4 Å². The van der Waals surface area contributed by atoms with E-state index in [1.807, 2.05) is 0 Å². The van der Waals surface area contributed by atoms with Gasteiger partial charge < -0.3 is 5.32 Å². The Balaban J connectivity index is 1.86. The Bertz CT molecular complexity index is 911. The molecule has 0 spiro atoms. The zero-order chi connectivity index (χ0) is 18.7. The van der Waals surface area contributed by atoms with Crippen molar-refractivity contribution in [3.63, 3.8) is 0 Å². The van der Waals surface area contributed by atoms with Crippen molar-refractivity contribution in [3.05, 3.63) is 71.9 Å². The predicted octanol–water partition coefficient (Wildman–Crippen LogP) is 4.87. The third kappa shape index (κ3) is 3.96. The van der Waals surface area contributed by atoms with Crippen LogP contribution in [0.1, 0.15) is 24.1 Å². The first kappa shape index (κ1) is 17.8. The van der Waals surface area contributed by atoms with E-state index in [1.54, 1.807) is 31.2 Å². The fourth-order valence-electron chi connectivity index (χ4n) is 2.42. The highest BCUT2D eigenvalue weighted by molar-refractivity contribution is 5.57. The van der Waals surface area contributed by atoms with Crippen molar-refractivity contribution in [2.24, 2.45) is 0 Å². The number of aromatic nitrogens is 3. The summed E-state index contributed by atoms with van der Waals surface area (Å²) >= 11 is 0. The van der Waals surface area contributed by atoms with Crippen LogP contribution in [-0.2, 0) is 6.18 Å². The Hall–Kier alpha value is -3.03. The molecule has 134 valence electrons. The van der Waals surface area contributed by atoms with E-state index >= 15 is 0 Å². The third-order valence-corrected chi connectivity index (χ3v) is 3.72. The van der Waals surface area contributed by atoms with Gasteiger partial charge in [0.1, 0.15) is 11.6 Å². The number of nitrogens with zero attached hydrogens (tertiary/aromatic N) is 3. The van der Waals surface area contributed by atoms with Crippen LogP contribution in [0, 0.1) is 5.82 Å². The number of rotatable bonds is 4. The van der Waals surface area contributed by atoms with Gasteiger partial charge in [-0.15, -0.1) is 0 Å². The molecule has 3 rings (SSSR count). The Morgan fingerprint density at radius 3 is 2.58 bits per heavy atom. The largest absolute Gasteiger partial charge is 0.417 e. The summed E-state index contributed by atoms with van der Waals surface area (Å²) < 4.78 is 52.4. The fourth-order valence-corrected chi connectivity index (χ4v) is 2.42. The molecular weight excluding hydrogens is 348 g/mol. The second-order valence-corrected chi connectivity index (χ2v) is 5.61. The van der Waals surface area contributed by atoms with E-state index in [0.717, 1.165) is 12.3 Å². The molecular formula is C18H14F4N4. The summed E-state index contributed by atoms with van der Waals surface area (Å²) in [7, 11) is 0. The lowest BCUT2D eigenvalue weighted by Crippen LogP contribution is -2.10. The minimum Gasteiger partial charge on any atom is -0.363 e. The van der Waals surface area contributed by atoms with Gasteiger partial charge in [-0.3, -0.25) is 4.98 Å². The molecule has 0 aliphatic rings. The van der Waals surface area contributed by atoms with Crippen molar-refractivity contribution >= 4 is 5.82 Å². The minimum absolute atomic E-state index is 0.0920. The zero-order valence-electron chi connectivity index (χ0n) is 13.6. The molecule has 4 nitrogen and oxygen atoms in total. The first-order chi connectivity index (χ1) is 12.3. The number of anilines is 1. The topological polar surface area (TPSA) is 50.7 Å². The monoisotopic (exact) mass is 362 g/mol. The molecule has 0 saturated carbocycles. The Morgan fingerprint density at radius 2 is 1.85 bits per heavy atom. The van der Waals surface area contributed by atoms with Crippen LogP contribution in [0.5, 0.6) is 0 Å². The molecule has 1 N–H and O–H groups in total. The lowest BCUT2D eigenvalue weighted by molar-refractivity contribution is -0.137. The van der Waals surface area contributed by atoms with Crippen molar-refractivity contribution in [1.29, 1.82) is 0 Å². The molecule has 2 heterocycles. The molecule has 26 heavy (non-hydrogen) atoms. The third-order valence-electron chi connectivity index (χ3n) is 3.72. The number of alkyl halides is 3. The quantitative estimate of drug-likeness (QED) is 0.673. The molecule has 0 aliphatic heterocycles. The Morgan fingerprint density at radius 1 is 1.08 bits per heavy atom. The van der Waals surface area contributed by atoms with Crippen molar-refractivity contribution in [2.45, 2.75) is 19.1 Å². The molecule has 0 aliphatic carbocycles. The molecule has 0 saturated heterocycles. The van der Waals surface area contributed by atoms with Crippen LogP contribution in [0.3, 0.4) is 0 Å². The Kier molecular flexibility index (Phi) is 4.83. The number of nitrogens with one attached hydrogen (secondary N) is 1. The standard InChI is InChI=1S/C18H14F4N4/c1-11(14-4-2-3-5-15(14)19)25-16-6-7-24-17(26-16)12-8-13(10-23-9-12)18(20,21)22/h2-11H,1H3,(H,24,25,26). The van der Waals surface area contributed by atoms with E-state index in [4.69, 9.17) is 0 Å². The molecule has 0 bridgehead atoms. The first-order valence-electron chi connectivity index (χ1n) is 7.71. The van der Waals surface area contributed by atoms with Crippen molar-refractivity contribution in [2.75, 3.05) is 5.32 Å². The Labute approximate surface area is 147 Å². The summed E-state index contributed by atoms with van der Waals surface area (Å²) in [6.45, 7) is 1.76. The molecule has 0 radical (unpaired) electrons. The van der Waals surface area contributed by atoms with Crippen LogP contribution in [0.25, 0.3) is 11.4 Å². The summed E-state index contributed by atoms with van der Waals surface area (Å²) in [5.74, 6) is 0.0985. The van der Waals surface area contributed by atoms with Gasteiger partial charge in [-0.05, 0) is 25.1 Å². The molecule has 0 fully saturated rings. The molecule has 0 amide bonds. The van der Waals surface area contributed by atoms with Gasteiger partial charge in [-0.2, -0.15) is 13.2 Å². The summed E-state index contributed by atoms with van der Waals surface area (Å²) in [4.78, 5) is 11.8. The van der Waals surface area contributed by atoms with Gasteiger partial charge in [0, 0.05) is 29.7 Å². The maximum atomic E-state index is 13.9. The van der Waals surface area contributed by atoms with Gasteiger partial charge in [0.25, 0.3) is 0 Å². The second-order valence-electron chi connectivity index (χ2n) is 5.61. The highest BCUT2D eigenvalue weighted by atomic mass is 19.4. The predicted molar refractivity (Wildman–Crippen MR) is 88.7 cm³/mol. The number of halogens is 4. The molecule has 1 unspecified atom stereocenters. The van der Waals surface area contributed by atoms with Crippen LogP contribution >= 0.6 is 0 Å². The van der Waals surface area contributed by atoms with E-state index in [1.165, 1.54) is 18.5 Å². The maximum Gasteiger partial charge on any atom is 0.417 e. The van der Waals surface area contributed by atoms with Crippen LogP contribution in [0.4, 0.5) is 23.4 Å². The van der Waals surface area contributed by atoms with Gasteiger partial charge >= 0.3 is 6.18 Å². The van der Waals surface area contributed by atoms with Gasteiger partial charge in [0.15, 0.2) is 5.82 Å². The minimum atomic E-state index is -4.50. The van der Waals surface area contributed by atoms with Crippen molar-refractivity contribution < 1.29 is 17.6 Å². The summed E-state index contributed by atoms with van der Waals surface area (Å²) in [5.41, 5.74) is -0.285. The number of hydrogen-bond donors (Lipinski definition) is 1. The molecule has 2 aromatic heterocycles. The maximum absolute atomic E-state index is 13.9. The molecule has 3 aromatic rings. The fraction of sp³-hybridized carbons (Fsp3) is 0.167. The first-order valence-corrected chi connectivity index (χ1v) is 7.71. The molecule has 8 heteroatoms. The normalized spacial score (nSPS) is 12.7. The number of hydrogen-bond acceptors (Lipinski definition) is 4. The van der Waals surface area contributed by atoms with Crippen LogP contribution < -0.4 is 5.32 Å². The van der Waals surface area contributed by atoms with Crippen molar-refractivity contribution in [1.82, 2.24) is 15.0 Å². The van der Waals surface area contributed by atoms with Crippen molar-refractivity contribution in [3.8, 4) is 11.4 Å². The SMILES string of the molecule is CC(Nc1ccnc(-c2cncc(C(F)(F)F)c2)n1)c1ccccc1F. The lowest BCUT2D eigenvalue weighted by atomic mass is 10.1. The van der Waals surface area contributed by atoms with E-state index in [9.17, 15) is 17.6 Å².